The first kappa shape index (κ1) is 16.4. The highest BCUT2D eigenvalue weighted by Crippen LogP contribution is 2.26. The van der Waals surface area contributed by atoms with E-state index in [0.717, 1.165) is 4.57 Å². The SMILES string of the molecule is CN(C)/C=C/C(=O)c1nc2ccc(Cl)cc2n1CC(F)(F)F. The van der Waals surface area contributed by atoms with Crippen molar-refractivity contribution in [2.24, 2.45) is 0 Å². The number of aromatic nitrogens is 2. The van der Waals surface area contributed by atoms with E-state index < -0.39 is 18.5 Å². The Morgan fingerprint density at radius 3 is 2.68 bits per heavy atom. The van der Waals surface area contributed by atoms with Gasteiger partial charge in [0.25, 0.3) is 0 Å². The van der Waals surface area contributed by atoms with Crippen molar-refractivity contribution < 1.29 is 18.0 Å². The number of carbonyl (C=O) groups excluding carboxylic acids is 1. The molecular weight excluding hydrogens is 319 g/mol. The molecule has 0 fully saturated rings. The summed E-state index contributed by atoms with van der Waals surface area (Å²) in [5.41, 5.74) is 0.460. The summed E-state index contributed by atoms with van der Waals surface area (Å²) in [6.45, 7) is -1.30. The van der Waals surface area contributed by atoms with Gasteiger partial charge >= 0.3 is 6.18 Å². The molecule has 0 unspecified atom stereocenters. The highest BCUT2D eigenvalue weighted by Gasteiger charge is 2.31. The second kappa shape index (κ2) is 6.00. The van der Waals surface area contributed by atoms with E-state index in [0.29, 0.717) is 0 Å². The molecule has 0 saturated heterocycles. The summed E-state index contributed by atoms with van der Waals surface area (Å²) in [5, 5.41) is 0.277. The molecule has 0 aliphatic carbocycles. The number of fused-ring (bicyclic) bond motifs is 1. The molecule has 0 bridgehead atoms. The van der Waals surface area contributed by atoms with Crippen LogP contribution < -0.4 is 0 Å². The summed E-state index contributed by atoms with van der Waals surface area (Å²) in [7, 11) is 3.39. The molecule has 0 aliphatic rings. The van der Waals surface area contributed by atoms with Gasteiger partial charge in [0, 0.05) is 31.4 Å². The average molecular weight is 332 g/mol. The van der Waals surface area contributed by atoms with Crippen LogP contribution in [0.25, 0.3) is 11.0 Å². The van der Waals surface area contributed by atoms with E-state index in [4.69, 9.17) is 11.6 Å². The van der Waals surface area contributed by atoms with Crippen molar-refractivity contribution in [3.05, 3.63) is 41.3 Å². The number of carbonyl (C=O) groups is 1. The number of ketones is 1. The number of alkyl halides is 3. The van der Waals surface area contributed by atoms with Gasteiger partial charge in [-0.25, -0.2) is 4.98 Å². The smallest absolute Gasteiger partial charge is 0.383 e. The fourth-order valence-corrected chi connectivity index (χ4v) is 2.08. The summed E-state index contributed by atoms with van der Waals surface area (Å²) < 4.78 is 39.2. The highest BCUT2D eigenvalue weighted by molar-refractivity contribution is 6.31. The molecule has 0 amide bonds. The number of nitrogens with zero attached hydrogens (tertiary/aromatic N) is 3. The van der Waals surface area contributed by atoms with E-state index in [9.17, 15) is 18.0 Å². The monoisotopic (exact) mass is 331 g/mol. The minimum atomic E-state index is -4.48. The number of benzene rings is 1. The molecule has 22 heavy (non-hydrogen) atoms. The van der Waals surface area contributed by atoms with Crippen LogP contribution in [0.2, 0.25) is 5.02 Å². The minimum absolute atomic E-state index is 0.173. The third-order valence-electron chi connectivity index (χ3n) is 2.79. The second-order valence-corrected chi connectivity index (χ2v) is 5.35. The van der Waals surface area contributed by atoms with Crippen LogP contribution in [0.1, 0.15) is 10.6 Å². The maximum absolute atomic E-state index is 12.8. The first-order chi connectivity index (χ1) is 10.2. The van der Waals surface area contributed by atoms with Crippen molar-refractivity contribution in [2.45, 2.75) is 12.7 Å². The predicted molar refractivity (Wildman–Crippen MR) is 78.0 cm³/mol. The topological polar surface area (TPSA) is 38.1 Å². The van der Waals surface area contributed by atoms with Crippen molar-refractivity contribution in [2.75, 3.05) is 14.1 Å². The van der Waals surface area contributed by atoms with Crippen LogP contribution in [0.15, 0.2) is 30.5 Å². The average Bonchev–Trinajstić information content (AvgIpc) is 2.72. The number of rotatable bonds is 4. The molecule has 2 aromatic rings. The van der Waals surface area contributed by atoms with Gasteiger partial charge in [0.2, 0.25) is 5.78 Å². The molecule has 0 atom stereocenters. The Bertz CT molecular complexity index is 735. The Balaban J connectivity index is 2.57. The highest BCUT2D eigenvalue weighted by atomic mass is 35.5. The summed E-state index contributed by atoms with van der Waals surface area (Å²) >= 11 is 5.83. The quantitative estimate of drug-likeness (QED) is 0.635. The normalized spacial score (nSPS) is 12.3. The van der Waals surface area contributed by atoms with E-state index in [2.05, 4.69) is 4.98 Å². The maximum atomic E-state index is 12.8. The Kier molecular flexibility index (Phi) is 4.46. The largest absolute Gasteiger partial charge is 0.406 e. The molecule has 0 saturated carbocycles. The lowest BCUT2D eigenvalue weighted by Crippen LogP contribution is -2.21. The van der Waals surface area contributed by atoms with Crippen LogP contribution in [0.4, 0.5) is 13.2 Å². The first-order valence-electron chi connectivity index (χ1n) is 6.29. The standard InChI is InChI=1S/C14H13ClF3N3O/c1-20(2)6-5-12(22)13-19-10-4-3-9(15)7-11(10)21(13)8-14(16,17)18/h3-7H,8H2,1-2H3/b6-5+. The van der Waals surface area contributed by atoms with Gasteiger partial charge in [0.05, 0.1) is 11.0 Å². The van der Waals surface area contributed by atoms with E-state index in [1.165, 1.54) is 30.5 Å². The van der Waals surface area contributed by atoms with Gasteiger partial charge in [-0.2, -0.15) is 13.2 Å². The molecule has 1 aromatic carbocycles. The van der Waals surface area contributed by atoms with Crippen molar-refractivity contribution in [1.29, 1.82) is 0 Å². The van der Waals surface area contributed by atoms with Crippen LogP contribution in [0, 0.1) is 0 Å². The first-order valence-corrected chi connectivity index (χ1v) is 6.66. The zero-order chi connectivity index (χ0) is 16.5. The summed E-state index contributed by atoms with van der Waals surface area (Å²) in [5.74, 6) is -0.877. The molecule has 0 spiro atoms. The van der Waals surface area contributed by atoms with Crippen LogP contribution in [-0.2, 0) is 6.54 Å². The van der Waals surface area contributed by atoms with Gasteiger partial charge in [-0.1, -0.05) is 11.6 Å². The molecule has 2 rings (SSSR count). The zero-order valence-corrected chi connectivity index (χ0v) is 12.6. The van der Waals surface area contributed by atoms with Crippen molar-refractivity contribution in [1.82, 2.24) is 14.5 Å². The lowest BCUT2D eigenvalue weighted by molar-refractivity contribution is -0.140. The van der Waals surface area contributed by atoms with Crippen LogP contribution in [0.5, 0.6) is 0 Å². The molecule has 0 radical (unpaired) electrons. The number of allylic oxidation sites excluding steroid dienone is 1. The van der Waals surface area contributed by atoms with E-state index in [1.54, 1.807) is 19.0 Å². The zero-order valence-electron chi connectivity index (χ0n) is 11.9. The number of imidazole rings is 1. The van der Waals surface area contributed by atoms with Crippen molar-refractivity contribution in [3.63, 3.8) is 0 Å². The summed E-state index contributed by atoms with van der Waals surface area (Å²) in [4.78, 5) is 17.7. The summed E-state index contributed by atoms with van der Waals surface area (Å²) in [6, 6.07) is 4.36. The number of hydrogen-bond donors (Lipinski definition) is 0. The van der Waals surface area contributed by atoms with E-state index in [1.807, 2.05) is 0 Å². The maximum Gasteiger partial charge on any atom is 0.406 e. The van der Waals surface area contributed by atoms with Gasteiger partial charge < -0.3 is 9.47 Å². The van der Waals surface area contributed by atoms with Crippen LogP contribution in [-0.4, -0.2) is 40.5 Å². The van der Waals surface area contributed by atoms with E-state index >= 15 is 0 Å². The van der Waals surface area contributed by atoms with E-state index in [-0.39, 0.29) is 21.9 Å². The minimum Gasteiger partial charge on any atom is -0.383 e. The molecule has 8 heteroatoms. The lowest BCUT2D eigenvalue weighted by atomic mass is 10.3. The molecule has 0 aliphatic heterocycles. The molecule has 1 heterocycles. The molecule has 1 aromatic heterocycles. The molecule has 118 valence electrons. The second-order valence-electron chi connectivity index (χ2n) is 4.91. The van der Waals surface area contributed by atoms with Crippen LogP contribution in [0.3, 0.4) is 0 Å². The lowest BCUT2D eigenvalue weighted by Gasteiger charge is -2.11. The Hall–Kier alpha value is -2.02. The van der Waals surface area contributed by atoms with Gasteiger partial charge in [-0.3, -0.25) is 4.79 Å². The number of hydrogen-bond acceptors (Lipinski definition) is 3. The molecule has 4 nitrogen and oxygen atoms in total. The number of halogens is 4. The third kappa shape index (κ3) is 3.79. The van der Waals surface area contributed by atoms with Crippen molar-refractivity contribution >= 4 is 28.4 Å². The van der Waals surface area contributed by atoms with Gasteiger partial charge in [0.1, 0.15) is 6.54 Å². The van der Waals surface area contributed by atoms with Crippen LogP contribution >= 0.6 is 11.6 Å². The van der Waals surface area contributed by atoms with Crippen molar-refractivity contribution in [3.8, 4) is 0 Å². The molecule has 0 N–H and O–H groups in total. The Morgan fingerprint density at radius 2 is 2.09 bits per heavy atom. The van der Waals surface area contributed by atoms with Gasteiger partial charge in [0.15, 0.2) is 5.82 Å². The third-order valence-corrected chi connectivity index (χ3v) is 3.03. The molecular formula is C14H13ClF3N3O. The predicted octanol–water partition coefficient (Wildman–Crippen LogP) is 3.51. The Morgan fingerprint density at radius 1 is 1.41 bits per heavy atom. The fraction of sp³-hybridized carbons (Fsp3) is 0.286. The fourth-order valence-electron chi connectivity index (χ4n) is 1.91. The van der Waals surface area contributed by atoms with Gasteiger partial charge in [-0.05, 0) is 18.2 Å². The van der Waals surface area contributed by atoms with Gasteiger partial charge in [-0.15, -0.1) is 0 Å². The summed E-state index contributed by atoms with van der Waals surface area (Å²) in [6.07, 6.45) is -1.85. The Labute approximate surface area is 129 Å².